The van der Waals surface area contributed by atoms with E-state index in [0.717, 1.165) is 0 Å². The Bertz CT molecular complexity index is 643. The highest BCUT2D eigenvalue weighted by Crippen LogP contribution is 2.17. The van der Waals surface area contributed by atoms with E-state index in [1.807, 2.05) is 6.92 Å². The zero-order valence-electron chi connectivity index (χ0n) is 12.1. The molecule has 0 heterocycles. The van der Waals surface area contributed by atoms with Crippen molar-refractivity contribution in [2.75, 3.05) is 6.54 Å². The van der Waals surface area contributed by atoms with Gasteiger partial charge in [0.05, 0.1) is 0 Å². The second kappa shape index (κ2) is 7.43. The molecule has 0 fully saturated rings. The predicted octanol–water partition coefficient (Wildman–Crippen LogP) is 4.69. The van der Waals surface area contributed by atoms with Crippen molar-refractivity contribution in [2.45, 2.75) is 13.3 Å². The molecule has 2 rings (SSSR count). The summed E-state index contributed by atoms with van der Waals surface area (Å²) in [5, 5.41) is 0.912. The van der Waals surface area contributed by atoms with Gasteiger partial charge in [-0.2, -0.15) is 0 Å². The summed E-state index contributed by atoms with van der Waals surface area (Å²) in [6.45, 7) is 2.24. The van der Waals surface area contributed by atoms with E-state index >= 15 is 0 Å². The standard InChI is InChI=1S/C17H15Cl2NO2/c1-2-9-20(16(21)12-5-3-7-14(18)10-12)17(22)13-6-4-8-15(19)11-13/h3-8,10-11H,2,9H2,1H3. The Morgan fingerprint density at radius 3 is 1.73 bits per heavy atom. The van der Waals surface area contributed by atoms with Gasteiger partial charge in [-0.1, -0.05) is 42.3 Å². The molecule has 0 aromatic heterocycles. The van der Waals surface area contributed by atoms with Crippen LogP contribution < -0.4 is 0 Å². The smallest absolute Gasteiger partial charge is 0.260 e. The summed E-state index contributed by atoms with van der Waals surface area (Å²) in [6.07, 6.45) is 0.665. The molecule has 0 unspecified atom stereocenters. The van der Waals surface area contributed by atoms with E-state index in [1.54, 1.807) is 48.5 Å². The first kappa shape index (κ1) is 16.5. The third-order valence-corrected chi connectivity index (χ3v) is 3.55. The van der Waals surface area contributed by atoms with Crippen LogP contribution in [0.5, 0.6) is 0 Å². The molecule has 0 aliphatic rings. The van der Waals surface area contributed by atoms with Crippen LogP contribution in [0.25, 0.3) is 0 Å². The molecule has 3 nitrogen and oxygen atoms in total. The number of benzene rings is 2. The Labute approximate surface area is 139 Å². The maximum atomic E-state index is 12.6. The van der Waals surface area contributed by atoms with E-state index in [0.29, 0.717) is 34.1 Å². The number of imide groups is 1. The molecule has 0 saturated heterocycles. The third-order valence-electron chi connectivity index (χ3n) is 3.08. The van der Waals surface area contributed by atoms with Gasteiger partial charge in [0.1, 0.15) is 0 Å². The minimum absolute atomic E-state index is 0.330. The van der Waals surface area contributed by atoms with E-state index < -0.39 is 0 Å². The van der Waals surface area contributed by atoms with E-state index in [4.69, 9.17) is 23.2 Å². The van der Waals surface area contributed by atoms with Gasteiger partial charge in [-0.15, -0.1) is 0 Å². The van der Waals surface area contributed by atoms with Gasteiger partial charge in [0.15, 0.2) is 0 Å². The fourth-order valence-electron chi connectivity index (χ4n) is 2.07. The molecule has 0 spiro atoms. The van der Waals surface area contributed by atoms with E-state index in [2.05, 4.69) is 0 Å². The summed E-state index contributed by atoms with van der Waals surface area (Å²) in [6, 6.07) is 13.1. The van der Waals surface area contributed by atoms with Crippen molar-refractivity contribution >= 4 is 35.0 Å². The summed E-state index contributed by atoms with van der Waals surface area (Å²) in [7, 11) is 0. The molecule has 0 aliphatic carbocycles. The monoisotopic (exact) mass is 335 g/mol. The van der Waals surface area contributed by atoms with Crippen LogP contribution in [0.3, 0.4) is 0 Å². The fourth-order valence-corrected chi connectivity index (χ4v) is 2.45. The van der Waals surface area contributed by atoms with Crippen LogP contribution in [0.15, 0.2) is 48.5 Å². The maximum Gasteiger partial charge on any atom is 0.260 e. The lowest BCUT2D eigenvalue weighted by Gasteiger charge is -2.20. The molecule has 0 aliphatic heterocycles. The fraction of sp³-hybridized carbons (Fsp3) is 0.176. The molecule has 0 bridgehead atoms. The van der Waals surface area contributed by atoms with Crippen LogP contribution in [0.2, 0.25) is 10.0 Å². The number of halogens is 2. The van der Waals surface area contributed by atoms with Crippen molar-refractivity contribution in [2.24, 2.45) is 0 Å². The van der Waals surface area contributed by atoms with E-state index in [1.165, 1.54) is 4.90 Å². The topological polar surface area (TPSA) is 37.4 Å². The number of amides is 2. The highest BCUT2D eigenvalue weighted by atomic mass is 35.5. The normalized spacial score (nSPS) is 10.3. The highest BCUT2D eigenvalue weighted by molar-refractivity contribution is 6.31. The molecular formula is C17H15Cl2NO2. The van der Waals surface area contributed by atoms with E-state index in [9.17, 15) is 9.59 Å². The second-order valence-electron chi connectivity index (χ2n) is 4.78. The Morgan fingerprint density at radius 1 is 0.909 bits per heavy atom. The molecular weight excluding hydrogens is 321 g/mol. The maximum absolute atomic E-state index is 12.6. The quantitative estimate of drug-likeness (QED) is 0.760. The van der Waals surface area contributed by atoms with Crippen molar-refractivity contribution in [3.8, 4) is 0 Å². The molecule has 5 heteroatoms. The van der Waals surface area contributed by atoms with Crippen molar-refractivity contribution in [1.82, 2.24) is 4.90 Å². The second-order valence-corrected chi connectivity index (χ2v) is 5.66. The summed E-state index contributed by atoms with van der Waals surface area (Å²) >= 11 is 11.8. The van der Waals surface area contributed by atoms with Crippen molar-refractivity contribution in [1.29, 1.82) is 0 Å². The van der Waals surface area contributed by atoms with Gasteiger partial charge in [0, 0.05) is 27.7 Å². The molecule has 2 aromatic carbocycles. The minimum atomic E-state index is -0.366. The first-order valence-corrected chi connectivity index (χ1v) is 7.66. The zero-order chi connectivity index (χ0) is 16.1. The molecule has 0 radical (unpaired) electrons. The average molecular weight is 336 g/mol. The number of nitrogens with zero attached hydrogens (tertiary/aromatic N) is 1. The predicted molar refractivity (Wildman–Crippen MR) is 88.6 cm³/mol. The van der Waals surface area contributed by atoms with Gasteiger partial charge in [0.25, 0.3) is 11.8 Å². The first-order valence-electron chi connectivity index (χ1n) is 6.90. The first-order chi connectivity index (χ1) is 10.5. The van der Waals surface area contributed by atoms with Crippen LogP contribution in [0, 0.1) is 0 Å². The summed E-state index contributed by atoms with van der Waals surface area (Å²) in [5.74, 6) is -0.733. The number of carbonyl (C=O) groups is 2. The number of carbonyl (C=O) groups excluding carboxylic acids is 2. The highest BCUT2D eigenvalue weighted by Gasteiger charge is 2.23. The SMILES string of the molecule is CCCN(C(=O)c1cccc(Cl)c1)C(=O)c1cccc(Cl)c1. The third kappa shape index (κ3) is 3.87. The Balaban J connectivity index is 2.33. The van der Waals surface area contributed by atoms with Crippen LogP contribution in [-0.2, 0) is 0 Å². The summed E-state index contributed by atoms with van der Waals surface area (Å²) in [5.41, 5.74) is 0.771. The van der Waals surface area contributed by atoms with Crippen LogP contribution in [0.4, 0.5) is 0 Å². The van der Waals surface area contributed by atoms with Gasteiger partial charge in [-0.25, -0.2) is 0 Å². The molecule has 114 valence electrons. The van der Waals surface area contributed by atoms with Crippen LogP contribution in [-0.4, -0.2) is 23.3 Å². The van der Waals surface area contributed by atoms with Gasteiger partial charge < -0.3 is 0 Å². The summed E-state index contributed by atoms with van der Waals surface area (Å²) in [4.78, 5) is 26.4. The summed E-state index contributed by atoms with van der Waals surface area (Å²) < 4.78 is 0. The number of hydrogen-bond donors (Lipinski definition) is 0. The van der Waals surface area contributed by atoms with Gasteiger partial charge in [0.2, 0.25) is 0 Å². The zero-order valence-corrected chi connectivity index (χ0v) is 13.6. The van der Waals surface area contributed by atoms with E-state index in [-0.39, 0.29) is 11.8 Å². The largest absolute Gasteiger partial charge is 0.274 e. The van der Waals surface area contributed by atoms with Crippen molar-refractivity contribution in [3.05, 3.63) is 69.7 Å². The molecule has 2 aromatic rings. The number of rotatable bonds is 4. The van der Waals surface area contributed by atoms with Crippen LogP contribution >= 0.6 is 23.2 Å². The van der Waals surface area contributed by atoms with Crippen molar-refractivity contribution < 1.29 is 9.59 Å². The number of hydrogen-bond acceptors (Lipinski definition) is 2. The molecule has 0 N–H and O–H groups in total. The lowest BCUT2D eigenvalue weighted by molar-refractivity contribution is 0.0616. The minimum Gasteiger partial charge on any atom is -0.274 e. The Hall–Kier alpha value is -1.84. The molecule has 22 heavy (non-hydrogen) atoms. The lowest BCUT2D eigenvalue weighted by atomic mass is 10.1. The Morgan fingerprint density at radius 2 is 1.36 bits per heavy atom. The van der Waals surface area contributed by atoms with Crippen molar-refractivity contribution in [3.63, 3.8) is 0 Å². The Kier molecular flexibility index (Phi) is 5.58. The molecule has 0 saturated carbocycles. The molecule has 0 atom stereocenters. The lowest BCUT2D eigenvalue weighted by Crippen LogP contribution is -2.37. The van der Waals surface area contributed by atoms with Gasteiger partial charge >= 0.3 is 0 Å². The van der Waals surface area contributed by atoms with Gasteiger partial charge in [-0.05, 0) is 42.8 Å². The van der Waals surface area contributed by atoms with Gasteiger partial charge in [-0.3, -0.25) is 14.5 Å². The average Bonchev–Trinajstić information content (AvgIpc) is 2.51. The van der Waals surface area contributed by atoms with Crippen LogP contribution in [0.1, 0.15) is 34.1 Å². The molecule has 2 amide bonds.